The second-order valence-corrected chi connectivity index (χ2v) is 5.71. The highest BCUT2D eigenvalue weighted by atomic mass is 35.5. The van der Waals surface area contributed by atoms with Crippen molar-refractivity contribution < 1.29 is 18.6 Å². The zero-order valence-corrected chi connectivity index (χ0v) is 13.0. The summed E-state index contributed by atoms with van der Waals surface area (Å²) < 4.78 is 34.1. The molecular formula is C16H15ClF2N2O2. The Morgan fingerprint density at radius 2 is 1.91 bits per heavy atom. The van der Waals surface area contributed by atoms with Crippen LogP contribution in [0, 0.1) is 11.8 Å². The van der Waals surface area contributed by atoms with Crippen molar-refractivity contribution >= 4 is 17.4 Å². The number of phenols is 1. The quantitative estimate of drug-likeness (QED) is 0.835. The number of hydrogen-bond donors (Lipinski definition) is 1. The Labute approximate surface area is 137 Å². The molecule has 0 unspecified atom stereocenters. The highest BCUT2D eigenvalue weighted by molar-refractivity contribution is 6.32. The minimum absolute atomic E-state index is 0.0511. The van der Waals surface area contributed by atoms with Crippen LogP contribution >= 0.6 is 11.6 Å². The molecule has 1 aliphatic heterocycles. The normalized spacial score (nSPS) is 14.8. The van der Waals surface area contributed by atoms with Crippen LogP contribution in [0.5, 0.6) is 17.2 Å². The van der Waals surface area contributed by atoms with Gasteiger partial charge >= 0.3 is 0 Å². The van der Waals surface area contributed by atoms with Gasteiger partial charge in [-0.05, 0) is 31.4 Å². The average molecular weight is 341 g/mol. The number of piperidine rings is 1. The number of pyridine rings is 1. The van der Waals surface area contributed by atoms with Crippen LogP contribution in [0.2, 0.25) is 5.02 Å². The smallest absolute Gasteiger partial charge is 0.237 e. The van der Waals surface area contributed by atoms with Crippen molar-refractivity contribution in [3.63, 3.8) is 0 Å². The van der Waals surface area contributed by atoms with Crippen LogP contribution in [-0.4, -0.2) is 23.2 Å². The van der Waals surface area contributed by atoms with Crippen molar-refractivity contribution in [2.24, 2.45) is 0 Å². The lowest BCUT2D eigenvalue weighted by Gasteiger charge is -2.28. The molecular weight excluding hydrogens is 326 g/mol. The maximum atomic E-state index is 14.7. The first kappa shape index (κ1) is 15.8. The second kappa shape index (κ2) is 6.58. The molecule has 0 atom stereocenters. The number of aromatic hydroxyl groups is 1. The zero-order chi connectivity index (χ0) is 16.4. The lowest BCUT2D eigenvalue weighted by atomic mass is 10.1. The summed E-state index contributed by atoms with van der Waals surface area (Å²) in [4.78, 5) is 5.33. The van der Waals surface area contributed by atoms with Gasteiger partial charge in [0.2, 0.25) is 11.8 Å². The summed E-state index contributed by atoms with van der Waals surface area (Å²) in [6.45, 7) is 1.22. The summed E-state index contributed by atoms with van der Waals surface area (Å²) in [7, 11) is 0. The number of phenolic OH excluding ortho intramolecular Hbond substituents is 1. The first-order valence-electron chi connectivity index (χ1n) is 7.32. The van der Waals surface area contributed by atoms with Gasteiger partial charge in [-0.1, -0.05) is 17.7 Å². The van der Waals surface area contributed by atoms with E-state index in [1.165, 1.54) is 24.3 Å². The number of rotatable bonds is 3. The molecule has 0 saturated carbocycles. The fourth-order valence-corrected chi connectivity index (χ4v) is 2.72. The van der Waals surface area contributed by atoms with Crippen LogP contribution in [0.4, 0.5) is 14.6 Å². The van der Waals surface area contributed by atoms with E-state index in [9.17, 15) is 13.9 Å². The van der Waals surface area contributed by atoms with Crippen LogP contribution in [0.3, 0.4) is 0 Å². The lowest BCUT2D eigenvalue weighted by Crippen LogP contribution is -2.31. The molecule has 2 aromatic rings. The summed E-state index contributed by atoms with van der Waals surface area (Å²) in [5.74, 6) is -2.21. The summed E-state index contributed by atoms with van der Waals surface area (Å²) in [6, 6.07) is 5.76. The molecule has 0 amide bonds. The molecule has 4 nitrogen and oxygen atoms in total. The maximum Gasteiger partial charge on any atom is 0.237 e. The molecule has 1 saturated heterocycles. The van der Waals surface area contributed by atoms with Gasteiger partial charge in [0.15, 0.2) is 11.6 Å². The minimum atomic E-state index is -0.983. The number of aromatic nitrogens is 1. The highest BCUT2D eigenvalue weighted by Gasteiger charge is 2.25. The molecule has 23 heavy (non-hydrogen) atoms. The molecule has 0 aliphatic carbocycles. The fraction of sp³-hybridized carbons (Fsp3) is 0.312. The number of anilines is 1. The third-order valence-corrected chi connectivity index (χ3v) is 4.00. The predicted octanol–water partition coefficient (Wildman–Crippen LogP) is 4.50. The van der Waals surface area contributed by atoms with Crippen LogP contribution in [-0.2, 0) is 0 Å². The van der Waals surface area contributed by atoms with E-state index in [1.807, 2.05) is 0 Å². The van der Waals surface area contributed by atoms with Crippen LogP contribution in [0.25, 0.3) is 0 Å². The van der Waals surface area contributed by atoms with Crippen molar-refractivity contribution in [1.82, 2.24) is 4.98 Å². The van der Waals surface area contributed by atoms with Crippen molar-refractivity contribution in [2.45, 2.75) is 19.3 Å². The van der Waals surface area contributed by atoms with Gasteiger partial charge in [-0.2, -0.15) is 13.8 Å². The van der Waals surface area contributed by atoms with E-state index < -0.39 is 22.5 Å². The Hall–Kier alpha value is -2.08. The molecule has 3 rings (SSSR count). The average Bonchev–Trinajstić information content (AvgIpc) is 2.56. The molecule has 1 N–H and O–H groups in total. The number of halogens is 3. The van der Waals surface area contributed by atoms with Crippen molar-refractivity contribution in [3.8, 4) is 17.2 Å². The summed E-state index contributed by atoms with van der Waals surface area (Å²) in [6.07, 6.45) is 2.85. The van der Waals surface area contributed by atoms with Gasteiger partial charge in [-0.15, -0.1) is 0 Å². The highest BCUT2D eigenvalue weighted by Crippen LogP contribution is 2.38. The van der Waals surface area contributed by atoms with E-state index in [0.717, 1.165) is 19.3 Å². The molecule has 1 aromatic heterocycles. The van der Waals surface area contributed by atoms with Crippen LogP contribution < -0.4 is 9.64 Å². The Morgan fingerprint density at radius 3 is 2.61 bits per heavy atom. The first-order valence-corrected chi connectivity index (χ1v) is 7.70. The van der Waals surface area contributed by atoms with Gasteiger partial charge in [-0.25, -0.2) is 0 Å². The van der Waals surface area contributed by atoms with Gasteiger partial charge in [0.1, 0.15) is 16.5 Å². The van der Waals surface area contributed by atoms with Crippen molar-refractivity contribution in [2.75, 3.05) is 18.0 Å². The Bertz CT molecular complexity index is 721. The largest absolute Gasteiger partial charge is 0.508 e. The molecule has 1 fully saturated rings. The monoisotopic (exact) mass is 340 g/mol. The fourth-order valence-electron chi connectivity index (χ4n) is 2.55. The Morgan fingerprint density at radius 1 is 1.17 bits per heavy atom. The lowest BCUT2D eigenvalue weighted by molar-refractivity contribution is 0.421. The molecule has 0 radical (unpaired) electrons. The van der Waals surface area contributed by atoms with Crippen molar-refractivity contribution in [3.05, 3.63) is 41.1 Å². The third-order valence-electron chi connectivity index (χ3n) is 3.67. The number of benzene rings is 1. The summed E-state index contributed by atoms with van der Waals surface area (Å²) in [5.41, 5.74) is 0. The van der Waals surface area contributed by atoms with E-state index in [1.54, 1.807) is 4.90 Å². The predicted molar refractivity (Wildman–Crippen MR) is 83.4 cm³/mol. The molecule has 0 bridgehead atoms. The molecule has 122 valence electrons. The standard InChI is InChI=1S/C16H15ClF2N2O2/c17-12-14(23-11-6-4-5-10(22)9-11)13(18)16(20-15(12)19)21-7-2-1-3-8-21/h4-6,9,22H,1-3,7-8H2. The Kier molecular flexibility index (Phi) is 4.52. The maximum absolute atomic E-state index is 14.7. The van der Waals surface area contributed by atoms with Gasteiger partial charge in [-0.3, -0.25) is 0 Å². The first-order chi connectivity index (χ1) is 11.1. The minimum Gasteiger partial charge on any atom is -0.508 e. The van der Waals surface area contributed by atoms with Gasteiger partial charge in [0.05, 0.1) is 0 Å². The van der Waals surface area contributed by atoms with Crippen molar-refractivity contribution in [1.29, 1.82) is 0 Å². The Balaban J connectivity index is 1.99. The van der Waals surface area contributed by atoms with Gasteiger partial charge < -0.3 is 14.7 Å². The van der Waals surface area contributed by atoms with E-state index in [2.05, 4.69) is 4.98 Å². The van der Waals surface area contributed by atoms with Crippen LogP contribution in [0.15, 0.2) is 24.3 Å². The van der Waals surface area contributed by atoms with E-state index in [0.29, 0.717) is 13.1 Å². The zero-order valence-electron chi connectivity index (χ0n) is 12.2. The van der Waals surface area contributed by atoms with Gasteiger partial charge in [0.25, 0.3) is 0 Å². The van der Waals surface area contributed by atoms with E-state index in [-0.39, 0.29) is 17.3 Å². The SMILES string of the molecule is Oc1cccc(Oc2c(F)c(N3CCCCC3)nc(F)c2Cl)c1. The number of ether oxygens (including phenoxy) is 1. The summed E-state index contributed by atoms with van der Waals surface area (Å²) in [5, 5.41) is 8.92. The molecule has 0 spiro atoms. The van der Waals surface area contributed by atoms with E-state index in [4.69, 9.17) is 16.3 Å². The topological polar surface area (TPSA) is 45.6 Å². The second-order valence-electron chi connectivity index (χ2n) is 5.33. The van der Waals surface area contributed by atoms with Crippen LogP contribution in [0.1, 0.15) is 19.3 Å². The molecule has 7 heteroatoms. The third kappa shape index (κ3) is 3.32. The molecule has 1 aliphatic rings. The number of nitrogens with zero attached hydrogens (tertiary/aromatic N) is 2. The summed E-state index contributed by atoms with van der Waals surface area (Å²) >= 11 is 5.82. The van der Waals surface area contributed by atoms with E-state index >= 15 is 0 Å². The number of hydrogen-bond acceptors (Lipinski definition) is 4. The van der Waals surface area contributed by atoms with Gasteiger partial charge in [0, 0.05) is 19.2 Å². The molecule has 1 aromatic carbocycles. The molecule has 2 heterocycles.